The van der Waals surface area contributed by atoms with Crippen molar-refractivity contribution in [1.29, 1.82) is 0 Å². The van der Waals surface area contributed by atoms with Gasteiger partial charge in [0.05, 0.1) is 6.10 Å². The first-order valence-electron chi connectivity index (χ1n) is 6.61. The molecule has 2 aromatic rings. The van der Waals surface area contributed by atoms with Crippen LogP contribution < -0.4 is 0 Å². The second-order valence-electron chi connectivity index (χ2n) is 5.52. The van der Waals surface area contributed by atoms with Crippen LogP contribution in [-0.4, -0.2) is 34.2 Å². The Morgan fingerprint density at radius 1 is 1.33 bits per heavy atom. The summed E-state index contributed by atoms with van der Waals surface area (Å²) in [5, 5.41) is 10.9. The summed E-state index contributed by atoms with van der Waals surface area (Å²) in [5.74, 6) is 0. The van der Waals surface area contributed by atoms with Crippen molar-refractivity contribution in [3.8, 4) is 0 Å². The number of fused-ring (bicyclic) bond motifs is 1. The summed E-state index contributed by atoms with van der Waals surface area (Å²) < 4.78 is 0. The van der Waals surface area contributed by atoms with Crippen LogP contribution in [-0.2, 0) is 6.54 Å². The zero-order valence-electron chi connectivity index (χ0n) is 11.0. The molecule has 0 amide bonds. The van der Waals surface area contributed by atoms with E-state index in [9.17, 15) is 5.11 Å². The Morgan fingerprint density at radius 3 is 2.89 bits per heavy atom. The number of hydrogen-bond donors (Lipinski definition) is 2. The van der Waals surface area contributed by atoms with Crippen LogP contribution in [0.3, 0.4) is 0 Å². The van der Waals surface area contributed by atoms with Gasteiger partial charge in [-0.25, -0.2) is 0 Å². The Balaban J connectivity index is 1.87. The monoisotopic (exact) mass is 244 g/mol. The molecular weight excluding hydrogens is 224 g/mol. The molecule has 1 aliphatic rings. The lowest BCUT2D eigenvalue weighted by molar-refractivity contribution is 0.174. The average Bonchev–Trinajstić information content (AvgIpc) is 2.85. The predicted molar refractivity (Wildman–Crippen MR) is 73.7 cm³/mol. The number of aromatic nitrogens is 1. The molecule has 3 heteroatoms. The zero-order chi connectivity index (χ0) is 12.7. The minimum absolute atomic E-state index is 0.140. The molecule has 1 aromatic heterocycles. The number of hydrogen-bond acceptors (Lipinski definition) is 2. The Hall–Kier alpha value is -1.32. The number of benzene rings is 1. The van der Waals surface area contributed by atoms with Gasteiger partial charge in [0.2, 0.25) is 0 Å². The summed E-state index contributed by atoms with van der Waals surface area (Å²) in [4.78, 5) is 5.80. The van der Waals surface area contributed by atoms with Crippen molar-refractivity contribution in [1.82, 2.24) is 9.88 Å². The normalized spacial score (nSPS) is 20.9. The van der Waals surface area contributed by atoms with Gasteiger partial charge in [-0.05, 0) is 43.5 Å². The third-order valence-electron chi connectivity index (χ3n) is 3.79. The number of likely N-dealkylation sites (tertiary alicyclic amines) is 1. The van der Waals surface area contributed by atoms with Crippen LogP contribution in [0.4, 0.5) is 0 Å². The quantitative estimate of drug-likeness (QED) is 0.851. The smallest absolute Gasteiger partial charge is 0.0679 e. The average molecular weight is 244 g/mol. The lowest BCUT2D eigenvalue weighted by Crippen LogP contribution is -2.21. The molecule has 1 unspecified atom stereocenters. The van der Waals surface area contributed by atoms with Gasteiger partial charge in [-0.2, -0.15) is 0 Å². The number of nitrogens with one attached hydrogen (secondary N) is 1. The van der Waals surface area contributed by atoms with Crippen LogP contribution in [0.15, 0.2) is 18.2 Å². The molecule has 18 heavy (non-hydrogen) atoms. The van der Waals surface area contributed by atoms with E-state index in [4.69, 9.17) is 0 Å². The first-order chi connectivity index (χ1) is 8.61. The van der Waals surface area contributed by atoms with E-state index in [2.05, 4.69) is 41.9 Å². The molecule has 1 atom stereocenters. The largest absolute Gasteiger partial charge is 0.392 e. The molecule has 0 aliphatic carbocycles. The van der Waals surface area contributed by atoms with Gasteiger partial charge in [-0.1, -0.05) is 6.07 Å². The molecular formula is C15H20N2O. The van der Waals surface area contributed by atoms with Crippen LogP contribution in [0.1, 0.15) is 23.2 Å². The van der Waals surface area contributed by atoms with Crippen LogP contribution in [0.2, 0.25) is 0 Å². The molecule has 0 saturated carbocycles. The number of rotatable bonds is 2. The van der Waals surface area contributed by atoms with Crippen molar-refractivity contribution in [2.75, 3.05) is 13.1 Å². The van der Waals surface area contributed by atoms with Crippen molar-refractivity contribution in [3.05, 3.63) is 35.0 Å². The van der Waals surface area contributed by atoms with Gasteiger partial charge in [0, 0.05) is 36.2 Å². The molecule has 0 bridgehead atoms. The number of aryl methyl sites for hydroxylation is 2. The van der Waals surface area contributed by atoms with Crippen molar-refractivity contribution in [3.63, 3.8) is 0 Å². The zero-order valence-corrected chi connectivity index (χ0v) is 11.0. The van der Waals surface area contributed by atoms with E-state index in [1.54, 1.807) is 0 Å². The van der Waals surface area contributed by atoms with Crippen molar-refractivity contribution in [2.45, 2.75) is 32.9 Å². The highest BCUT2D eigenvalue weighted by molar-refractivity contribution is 5.84. The molecule has 1 aromatic carbocycles. The van der Waals surface area contributed by atoms with Gasteiger partial charge >= 0.3 is 0 Å². The van der Waals surface area contributed by atoms with Crippen LogP contribution in [0, 0.1) is 13.8 Å². The highest BCUT2D eigenvalue weighted by Gasteiger charge is 2.20. The minimum atomic E-state index is -0.140. The molecule has 3 nitrogen and oxygen atoms in total. The highest BCUT2D eigenvalue weighted by atomic mass is 16.3. The lowest BCUT2D eigenvalue weighted by atomic mass is 10.1. The minimum Gasteiger partial charge on any atom is -0.392 e. The van der Waals surface area contributed by atoms with E-state index in [1.807, 2.05) is 0 Å². The van der Waals surface area contributed by atoms with Crippen LogP contribution in [0.25, 0.3) is 10.9 Å². The maximum Gasteiger partial charge on any atom is 0.0679 e. The molecule has 1 aliphatic heterocycles. The maximum atomic E-state index is 9.55. The van der Waals surface area contributed by atoms with Crippen LogP contribution >= 0.6 is 0 Å². The maximum absolute atomic E-state index is 9.55. The summed E-state index contributed by atoms with van der Waals surface area (Å²) in [6.07, 6.45) is 0.761. The molecule has 1 fully saturated rings. The number of aliphatic hydroxyl groups is 1. The fourth-order valence-corrected chi connectivity index (χ4v) is 2.94. The van der Waals surface area contributed by atoms with E-state index in [0.717, 1.165) is 26.1 Å². The van der Waals surface area contributed by atoms with Gasteiger partial charge in [0.25, 0.3) is 0 Å². The SMILES string of the molecule is Cc1cc(C)c2cc(CN3CCC(O)C3)[nH]c2c1. The molecule has 96 valence electrons. The van der Waals surface area contributed by atoms with E-state index in [-0.39, 0.29) is 6.10 Å². The number of nitrogens with zero attached hydrogens (tertiary/aromatic N) is 1. The topological polar surface area (TPSA) is 39.3 Å². The second kappa shape index (κ2) is 4.41. The van der Waals surface area contributed by atoms with Gasteiger partial charge in [0.15, 0.2) is 0 Å². The molecule has 1 saturated heterocycles. The summed E-state index contributed by atoms with van der Waals surface area (Å²) >= 11 is 0. The molecule has 3 rings (SSSR count). The summed E-state index contributed by atoms with van der Waals surface area (Å²) in [6, 6.07) is 6.67. The Kier molecular flexibility index (Phi) is 2.88. The van der Waals surface area contributed by atoms with E-state index >= 15 is 0 Å². The molecule has 0 spiro atoms. The number of H-pyrrole nitrogens is 1. The fourth-order valence-electron chi connectivity index (χ4n) is 2.94. The first kappa shape index (κ1) is 11.8. The standard InChI is InChI=1S/C15H20N2O/c1-10-5-11(2)14-7-12(16-15(14)6-10)8-17-4-3-13(18)9-17/h5-7,13,16,18H,3-4,8-9H2,1-2H3. The van der Waals surface area contributed by atoms with Crippen molar-refractivity contribution < 1.29 is 5.11 Å². The fraction of sp³-hybridized carbons (Fsp3) is 0.467. The molecule has 2 N–H and O–H groups in total. The summed E-state index contributed by atoms with van der Waals surface area (Å²) in [5.41, 5.74) is 5.09. The Bertz CT molecular complexity index is 573. The Labute approximate surface area is 107 Å². The third-order valence-corrected chi connectivity index (χ3v) is 3.79. The lowest BCUT2D eigenvalue weighted by Gasteiger charge is -2.12. The van der Waals surface area contributed by atoms with Crippen molar-refractivity contribution in [2.24, 2.45) is 0 Å². The van der Waals surface area contributed by atoms with Gasteiger partial charge in [-0.15, -0.1) is 0 Å². The number of aromatic amines is 1. The van der Waals surface area contributed by atoms with Gasteiger partial charge in [-0.3, -0.25) is 4.90 Å². The van der Waals surface area contributed by atoms with Gasteiger partial charge in [0.1, 0.15) is 0 Å². The molecule has 2 heterocycles. The summed E-state index contributed by atoms with van der Waals surface area (Å²) in [7, 11) is 0. The number of β-amino-alcohol motifs (C(OH)–C–C–N with tert-alkyl or cyclic N) is 1. The van der Waals surface area contributed by atoms with Crippen LogP contribution in [0.5, 0.6) is 0 Å². The third kappa shape index (κ3) is 2.16. The van der Waals surface area contributed by atoms with Gasteiger partial charge < -0.3 is 10.1 Å². The Morgan fingerprint density at radius 2 is 2.17 bits per heavy atom. The highest BCUT2D eigenvalue weighted by Crippen LogP contribution is 2.23. The van der Waals surface area contributed by atoms with E-state index in [0.29, 0.717) is 0 Å². The second-order valence-corrected chi connectivity index (χ2v) is 5.52. The van der Waals surface area contributed by atoms with E-state index < -0.39 is 0 Å². The predicted octanol–water partition coefficient (Wildman–Crippen LogP) is 2.35. The summed E-state index contributed by atoms with van der Waals surface area (Å²) in [6.45, 7) is 6.99. The number of aliphatic hydroxyl groups excluding tert-OH is 1. The van der Waals surface area contributed by atoms with E-state index in [1.165, 1.54) is 27.7 Å². The first-order valence-corrected chi connectivity index (χ1v) is 6.61. The molecule has 0 radical (unpaired) electrons. The van der Waals surface area contributed by atoms with Crippen molar-refractivity contribution >= 4 is 10.9 Å².